The predicted molar refractivity (Wildman–Crippen MR) is 115 cm³/mol. The molecule has 0 amide bonds. The normalized spacial score (nSPS) is 11.0. The molecule has 0 aliphatic rings. The molecule has 5 heteroatoms. The van der Waals surface area contributed by atoms with Crippen molar-refractivity contribution in [2.75, 3.05) is 6.61 Å². The van der Waals surface area contributed by atoms with Crippen LogP contribution in [0.3, 0.4) is 0 Å². The number of fused-ring (bicyclic) bond motifs is 1. The second-order valence-electron chi connectivity index (χ2n) is 6.22. The van der Waals surface area contributed by atoms with E-state index in [1.165, 1.54) is 0 Å². The number of halogens is 2. The van der Waals surface area contributed by atoms with Crippen LogP contribution in [0.1, 0.15) is 6.92 Å². The second kappa shape index (κ2) is 7.70. The molecule has 3 nitrogen and oxygen atoms in total. The van der Waals surface area contributed by atoms with Gasteiger partial charge in [-0.25, -0.2) is 4.79 Å². The molecule has 140 valence electrons. The van der Waals surface area contributed by atoms with Gasteiger partial charge in [0.15, 0.2) is 0 Å². The van der Waals surface area contributed by atoms with Gasteiger partial charge in [-0.2, -0.15) is 0 Å². The van der Waals surface area contributed by atoms with Crippen molar-refractivity contribution < 1.29 is 9.15 Å². The fraction of sp³-hybridized carbons (Fsp3) is 0.0870. The van der Waals surface area contributed by atoms with Gasteiger partial charge < -0.3 is 9.15 Å². The summed E-state index contributed by atoms with van der Waals surface area (Å²) in [7, 11) is 0. The minimum Gasteiger partial charge on any atom is -0.494 e. The lowest BCUT2D eigenvalue weighted by Crippen LogP contribution is -2.06. The molecular weight excluding hydrogens is 395 g/mol. The molecule has 0 aliphatic heterocycles. The summed E-state index contributed by atoms with van der Waals surface area (Å²) in [4.78, 5) is 13.0. The Morgan fingerprint density at radius 3 is 2.43 bits per heavy atom. The first-order chi connectivity index (χ1) is 13.6. The highest BCUT2D eigenvalue weighted by Crippen LogP contribution is 2.39. The lowest BCUT2D eigenvalue weighted by Gasteiger charge is -2.14. The third-order valence-electron chi connectivity index (χ3n) is 4.45. The maximum atomic E-state index is 13.0. The summed E-state index contributed by atoms with van der Waals surface area (Å²) < 4.78 is 11.2. The summed E-state index contributed by atoms with van der Waals surface area (Å²) in [5.74, 6) is 0.648. The molecule has 4 aromatic rings. The van der Waals surface area contributed by atoms with Crippen LogP contribution in [0.2, 0.25) is 10.0 Å². The van der Waals surface area contributed by atoms with Gasteiger partial charge in [-0.3, -0.25) is 0 Å². The minimum absolute atomic E-state index is 0.391. The van der Waals surface area contributed by atoms with Crippen LogP contribution < -0.4 is 10.4 Å². The summed E-state index contributed by atoms with van der Waals surface area (Å²) >= 11 is 12.5. The number of benzene rings is 3. The molecule has 0 N–H and O–H groups in total. The van der Waals surface area contributed by atoms with Crippen LogP contribution in [0.25, 0.3) is 33.2 Å². The largest absolute Gasteiger partial charge is 0.494 e. The second-order valence-corrected chi connectivity index (χ2v) is 7.06. The van der Waals surface area contributed by atoms with E-state index in [9.17, 15) is 4.79 Å². The lowest BCUT2D eigenvalue weighted by atomic mass is 9.93. The standard InChI is InChI=1S/C23H16Cl2O3/c1-2-27-16-9-11-18-20(13-16)28-23(26)22(17-10-8-15(24)12-19(17)25)21(18)14-6-4-3-5-7-14/h3-13H,2H2,1H3. The summed E-state index contributed by atoms with van der Waals surface area (Å²) in [6.07, 6.45) is 0. The third-order valence-corrected chi connectivity index (χ3v) is 5.00. The Balaban J connectivity index is 2.10. The molecule has 1 aromatic heterocycles. The minimum atomic E-state index is -0.468. The van der Waals surface area contributed by atoms with E-state index in [0.29, 0.717) is 39.1 Å². The first-order valence-corrected chi connectivity index (χ1v) is 9.58. The van der Waals surface area contributed by atoms with Crippen LogP contribution in [-0.2, 0) is 0 Å². The van der Waals surface area contributed by atoms with E-state index in [0.717, 1.165) is 16.5 Å². The van der Waals surface area contributed by atoms with Gasteiger partial charge in [-0.05, 0) is 36.8 Å². The van der Waals surface area contributed by atoms with E-state index in [-0.39, 0.29) is 0 Å². The lowest BCUT2D eigenvalue weighted by molar-refractivity contribution is 0.340. The van der Waals surface area contributed by atoms with Crippen molar-refractivity contribution in [3.63, 3.8) is 0 Å². The van der Waals surface area contributed by atoms with Gasteiger partial charge in [0, 0.05) is 27.6 Å². The zero-order chi connectivity index (χ0) is 19.7. The Morgan fingerprint density at radius 2 is 1.71 bits per heavy atom. The van der Waals surface area contributed by atoms with Gasteiger partial charge in [-0.15, -0.1) is 0 Å². The van der Waals surface area contributed by atoms with Crippen LogP contribution in [0.15, 0.2) is 75.9 Å². The molecule has 0 aliphatic carbocycles. The molecule has 0 bridgehead atoms. The van der Waals surface area contributed by atoms with Crippen LogP contribution in [0.5, 0.6) is 5.75 Å². The van der Waals surface area contributed by atoms with Crippen LogP contribution in [-0.4, -0.2) is 6.61 Å². The molecule has 0 unspecified atom stereocenters. The molecule has 0 fully saturated rings. The number of hydrogen-bond acceptors (Lipinski definition) is 3. The van der Waals surface area contributed by atoms with Crippen molar-refractivity contribution in [3.8, 4) is 28.0 Å². The molecule has 0 spiro atoms. The first-order valence-electron chi connectivity index (χ1n) is 8.83. The van der Waals surface area contributed by atoms with Crippen molar-refractivity contribution in [3.05, 3.63) is 87.2 Å². The number of rotatable bonds is 4. The van der Waals surface area contributed by atoms with Crippen molar-refractivity contribution in [1.82, 2.24) is 0 Å². The Kier molecular flexibility index (Phi) is 5.12. The van der Waals surface area contributed by atoms with E-state index in [4.69, 9.17) is 32.4 Å². The van der Waals surface area contributed by atoms with Gasteiger partial charge >= 0.3 is 5.63 Å². The van der Waals surface area contributed by atoms with Gasteiger partial charge in [0.1, 0.15) is 11.3 Å². The smallest absolute Gasteiger partial charge is 0.344 e. The van der Waals surface area contributed by atoms with Crippen LogP contribution in [0, 0.1) is 0 Å². The average Bonchev–Trinajstić information content (AvgIpc) is 2.68. The molecule has 0 saturated carbocycles. The highest BCUT2D eigenvalue weighted by atomic mass is 35.5. The monoisotopic (exact) mass is 410 g/mol. The molecule has 0 radical (unpaired) electrons. The average molecular weight is 411 g/mol. The quantitative estimate of drug-likeness (QED) is 0.346. The summed E-state index contributed by atoms with van der Waals surface area (Å²) in [6.45, 7) is 2.43. The first kappa shape index (κ1) is 18.6. The molecule has 0 saturated heterocycles. The summed E-state index contributed by atoms with van der Waals surface area (Å²) in [6, 6.07) is 20.3. The van der Waals surface area contributed by atoms with Gasteiger partial charge in [0.05, 0.1) is 17.2 Å². The SMILES string of the molecule is CCOc1ccc2c(-c3ccccc3)c(-c3ccc(Cl)cc3Cl)c(=O)oc2c1. The van der Waals surface area contributed by atoms with E-state index >= 15 is 0 Å². The van der Waals surface area contributed by atoms with E-state index in [1.807, 2.05) is 49.4 Å². The van der Waals surface area contributed by atoms with Gasteiger partial charge in [0.25, 0.3) is 0 Å². The van der Waals surface area contributed by atoms with E-state index in [1.54, 1.807) is 24.3 Å². The van der Waals surface area contributed by atoms with Gasteiger partial charge in [-0.1, -0.05) is 59.6 Å². The highest BCUT2D eigenvalue weighted by Gasteiger charge is 2.20. The van der Waals surface area contributed by atoms with Gasteiger partial charge in [0.2, 0.25) is 0 Å². The maximum Gasteiger partial charge on any atom is 0.344 e. The molecule has 4 rings (SSSR count). The van der Waals surface area contributed by atoms with Crippen molar-refractivity contribution in [2.45, 2.75) is 6.92 Å². The zero-order valence-corrected chi connectivity index (χ0v) is 16.6. The highest BCUT2D eigenvalue weighted by molar-refractivity contribution is 6.36. The topological polar surface area (TPSA) is 39.4 Å². The van der Waals surface area contributed by atoms with Crippen LogP contribution in [0.4, 0.5) is 0 Å². The van der Waals surface area contributed by atoms with Crippen molar-refractivity contribution >= 4 is 34.2 Å². The van der Waals surface area contributed by atoms with E-state index in [2.05, 4.69) is 0 Å². The van der Waals surface area contributed by atoms with Crippen LogP contribution >= 0.6 is 23.2 Å². The Bertz CT molecular complexity index is 1210. The molecular formula is C23H16Cl2O3. The summed E-state index contributed by atoms with van der Waals surface area (Å²) in [5.41, 5.74) is 2.64. The Labute approximate surface area is 172 Å². The molecule has 28 heavy (non-hydrogen) atoms. The molecule has 3 aromatic carbocycles. The predicted octanol–water partition coefficient (Wildman–Crippen LogP) is 6.83. The Hall–Kier alpha value is -2.75. The number of ether oxygens (including phenoxy) is 1. The molecule has 0 atom stereocenters. The fourth-order valence-corrected chi connectivity index (χ4v) is 3.78. The van der Waals surface area contributed by atoms with Crippen molar-refractivity contribution in [2.24, 2.45) is 0 Å². The zero-order valence-electron chi connectivity index (χ0n) is 15.0. The third kappa shape index (κ3) is 3.39. The number of hydrogen-bond donors (Lipinski definition) is 0. The maximum absolute atomic E-state index is 13.0. The summed E-state index contributed by atoms with van der Waals surface area (Å²) in [5, 5.41) is 1.69. The Morgan fingerprint density at radius 1 is 0.929 bits per heavy atom. The fourth-order valence-electron chi connectivity index (χ4n) is 3.28. The van der Waals surface area contributed by atoms with Crippen molar-refractivity contribution in [1.29, 1.82) is 0 Å². The van der Waals surface area contributed by atoms with E-state index < -0.39 is 5.63 Å². The molecule has 1 heterocycles.